The minimum atomic E-state index is -0.192. The highest BCUT2D eigenvalue weighted by Gasteiger charge is 2.14. The maximum Gasteiger partial charge on any atom is 0.127 e. The van der Waals surface area contributed by atoms with Crippen molar-refractivity contribution < 1.29 is 4.39 Å². The molecule has 0 radical (unpaired) electrons. The first kappa shape index (κ1) is 13.8. The van der Waals surface area contributed by atoms with E-state index < -0.39 is 0 Å². The molecule has 0 bridgehead atoms. The molecule has 1 aliphatic heterocycles. The first-order chi connectivity index (χ1) is 8.77. The van der Waals surface area contributed by atoms with Gasteiger partial charge in [-0.1, -0.05) is 18.2 Å². The summed E-state index contributed by atoms with van der Waals surface area (Å²) in [5, 5.41) is 0. The molecule has 100 valence electrons. The van der Waals surface area contributed by atoms with Crippen LogP contribution in [-0.2, 0) is 0 Å². The van der Waals surface area contributed by atoms with Gasteiger partial charge in [-0.3, -0.25) is 0 Å². The van der Waals surface area contributed by atoms with Crippen LogP contribution in [0.4, 0.5) is 4.39 Å². The van der Waals surface area contributed by atoms with E-state index in [1.54, 1.807) is 12.1 Å². The zero-order valence-corrected chi connectivity index (χ0v) is 11.5. The van der Waals surface area contributed by atoms with Crippen LogP contribution in [0.25, 0.3) is 0 Å². The fourth-order valence-corrected chi connectivity index (χ4v) is 3.20. The largest absolute Gasteiger partial charge is 0.324 e. The van der Waals surface area contributed by atoms with E-state index in [-0.39, 0.29) is 11.9 Å². The zero-order chi connectivity index (χ0) is 12.8. The van der Waals surface area contributed by atoms with Gasteiger partial charge < -0.3 is 10.6 Å². The molecule has 1 atom stereocenters. The zero-order valence-electron chi connectivity index (χ0n) is 10.6. The van der Waals surface area contributed by atoms with Crippen molar-refractivity contribution >= 4 is 11.8 Å². The van der Waals surface area contributed by atoms with Crippen molar-refractivity contribution in [1.29, 1.82) is 0 Å². The fourth-order valence-electron chi connectivity index (χ4n) is 2.27. The van der Waals surface area contributed by atoms with Gasteiger partial charge in [0.1, 0.15) is 5.82 Å². The number of rotatable bonds is 4. The molecule has 1 unspecified atom stereocenters. The molecule has 2 N–H and O–H groups in total. The second kappa shape index (κ2) is 7.12. The Morgan fingerprint density at radius 3 is 2.94 bits per heavy atom. The Bertz CT molecular complexity index is 365. The van der Waals surface area contributed by atoms with Crippen molar-refractivity contribution in [2.75, 3.05) is 31.1 Å². The minimum Gasteiger partial charge on any atom is -0.324 e. The molecule has 0 aromatic heterocycles. The summed E-state index contributed by atoms with van der Waals surface area (Å²) < 4.78 is 13.6. The van der Waals surface area contributed by atoms with E-state index in [0.717, 1.165) is 26.1 Å². The monoisotopic (exact) mass is 268 g/mol. The molecule has 1 saturated heterocycles. The molecule has 4 heteroatoms. The van der Waals surface area contributed by atoms with Gasteiger partial charge in [-0.2, -0.15) is 11.8 Å². The predicted molar refractivity (Wildman–Crippen MR) is 76.3 cm³/mol. The second-order valence-corrected chi connectivity index (χ2v) is 5.95. The van der Waals surface area contributed by atoms with Crippen molar-refractivity contribution in [1.82, 2.24) is 4.90 Å². The van der Waals surface area contributed by atoms with Crippen LogP contribution in [-0.4, -0.2) is 36.0 Å². The molecule has 1 heterocycles. The Balaban J connectivity index is 1.84. The molecular weight excluding hydrogens is 247 g/mol. The van der Waals surface area contributed by atoms with Crippen LogP contribution in [0.3, 0.4) is 0 Å². The summed E-state index contributed by atoms with van der Waals surface area (Å²) in [6.45, 7) is 3.25. The van der Waals surface area contributed by atoms with Gasteiger partial charge in [0.2, 0.25) is 0 Å². The van der Waals surface area contributed by atoms with Crippen molar-refractivity contribution in [2.24, 2.45) is 5.73 Å². The summed E-state index contributed by atoms with van der Waals surface area (Å²) in [5.74, 6) is 2.28. The van der Waals surface area contributed by atoms with Crippen LogP contribution in [0.2, 0.25) is 0 Å². The lowest BCUT2D eigenvalue weighted by atomic mass is 10.0. The van der Waals surface area contributed by atoms with Gasteiger partial charge in [-0.05, 0) is 37.8 Å². The number of hydrogen-bond acceptors (Lipinski definition) is 3. The Hall–Kier alpha value is -0.580. The van der Waals surface area contributed by atoms with Gasteiger partial charge in [0.25, 0.3) is 0 Å². The highest BCUT2D eigenvalue weighted by molar-refractivity contribution is 7.99. The number of nitrogens with two attached hydrogens (primary N) is 1. The molecule has 1 fully saturated rings. The van der Waals surface area contributed by atoms with E-state index in [9.17, 15) is 4.39 Å². The summed E-state index contributed by atoms with van der Waals surface area (Å²) in [5.41, 5.74) is 6.72. The summed E-state index contributed by atoms with van der Waals surface area (Å²) >= 11 is 2.02. The molecule has 0 amide bonds. The SMILES string of the molecule is NC(CCN1CCCSCC1)c1ccccc1F. The van der Waals surface area contributed by atoms with E-state index in [4.69, 9.17) is 5.73 Å². The summed E-state index contributed by atoms with van der Waals surface area (Å²) in [7, 11) is 0. The van der Waals surface area contributed by atoms with Gasteiger partial charge in [0.05, 0.1) is 0 Å². The van der Waals surface area contributed by atoms with Crippen molar-refractivity contribution in [3.63, 3.8) is 0 Å². The maximum atomic E-state index is 13.6. The van der Waals surface area contributed by atoms with Crippen LogP contribution in [0.1, 0.15) is 24.4 Å². The van der Waals surface area contributed by atoms with Gasteiger partial charge in [-0.25, -0.2) is 4.39 Å². The molecule has 0 spiro atoms. The maximum absolute atomic E-state index is 13.6. The lowest BCUT2D eigenvalue weighted by Crippen LogP contribution is -2.29. The molecule has 1 aliphatic rings. The van der Waals surface area contributed by atoms with Crippen molar-refractivity contribution in [3.05, 3.63) is 35.6 Å². The topological polar surface area (TPSA) is 29.3 Å². The molecular formula is C14H21FN2S. The summed E-state index contributed by atoms with van der Waals surface area (Å²) in [6, 6.07) is 6.64. The average molecular weight is 268 g/mol. The number of nitrogens with zero attached hydrogens (tertiary/aromatic N) is 1. The first-order valence-electron chi connectivity index (χ1n) is 6.57. The van der Waals surface area contributed by atoms with Gasteiger partial charge >= 0.3 is 0 Å². The number of benzene rings is 1. The molecule has 2 nitrogen and oxygen atoms in total. The van der Waals surface area contributed by atoms with Crippen LogP contribution >= 0.6 is 11.8 Å². The Morgan fingerprint density at radius 2 is 2.11 bits per heavy atom. The van der Waals surface area contributed by atoms with Crippen LogP contribution in [0.5, 0.6) is 0 Å². The molecule has 1 aromatic carbocycles. The smallest absolute Gasteiger partial charge is 0.127 e. The number of hydrogen-bond donors (Lipinski definition) is 1. The number of halogens is 1. The lowest BCUT2D eigenvalue weighted by Gasteiger charge is -2.21. The highest BCUT2D eigenvalue weighted by Crippen LogP contribution is 2.18. The molecule has 0 aliphatic carbocycles. The van der Waals surface area contributed by atoms with E-state index in [1.165, 1.54) is 24.0 Å². The second-order valence-electron chi connectivity index (χ2n) is 4.72. The van der Waals surface area contributed by atoms with E-state index in [2.05, 4.69) is 4.90 Å². The van der Waals surface area contributed by atoms with Crippen LogP contribution in [0.15, 0.2) is 24.3 Å². The normalized spacial score (nSPS) is 19.4. The molecule has 1 aromatic rings. The quantitative estimate of drug-likeness (QED) is 0.910. The first-order valence-corrected chi connectivity index (χ1v) is 7.73. The molecule has 2 rings (SSSR count). The number of thioether (sulfide) groups is 1. The Morgan fingerprint density at radius 1 is 1.28 bits per heavy atom. The Labute approximate surface area is 113 Å². The third-order valence-electron chi connectivity index (χ3n) is 3.38. The predicted octanol–water partition coefficient (Wildman–Crippen LogP) is 2.65. The van der Waals surface area contributed by atoms with Crippen molar-refractivity contribution in [2.45, 2.75) is 18.9 Å². The lowest BCUT2D eigenvalue weighted by molar-refractivity contribution is 0.282. The molecule has 18 heavy (non-hydrogen) atoms. The molecule has 0 saturated carbocycles. The standard InChI is InChI=1S/C14H21FN2S/c15-13-5-2-1-4-12(13)14(16)6-8-17-7-3-10-18-11-9-17/h1-2,4-5,14H,3,6-11,16H2. The van der Waals surface area contributed by atoms with E-state index >= 15 is 0 Å². The average Bonchev–Trinajstić information content (AvgIpc) is 2.65. The summed E-state index contributed by atoms with van der Waals surface area (Å²) in [4.78, 5) is 2.45. The van der Waals surface area contributed by atoms with Gasteiger partial charge in [0.15, 0.2) is 0 Å². The van der Waals surface area contributed by atoms with E-state index in [0.29, 0.717) is 5.56 Å². The third-order valence-corrected chi connectivity index (χ3v) is 4.42. The Kier molecular flexibility index (Phi) is 5.47. The minimum absolute atomic E-state index is 0.184. The van der Waals surface area contributed by atoms with Crippen molar-refractivity contribution in [3.8, 4) is 0 Å². The third kappa shape index (κ3) is 3.97. The van der Waals surface area contributed by atoms with Crippen LogP contribution in [0, 0.1) is 5.82 Å². The van der Waals surface area contributed by atoms with Gasteiger partial charge in [0, 0.05) is 23.9 Å². The van der Waals surface area contributed by atoms with Gasteiger partial charge in [-0.15, -0.1) is 0 Å². The highest BCUT2D eigenvalue weighted by atomic mass is 32.2. The van der Waals surface area contributed by atoms with E-state index in [1.807, 2.05) is 17.8 Å². The van der Waals surface area contributed by atoms with Crippen LogP contribution < -0.4 is 5.73 Å². The summed E-state index contributed by atoms with van der Waals surface area (Å²) in [6.07, 6.45) is 2.07. The fraction of sp³-hybridized carbons (Fsp3) is 0.571.